The van der Waals surface area contributed by atoms with Crippen molar-refractivity contribution in [3.63, 3.8) is 0 Å². The molecule has 0 radical (unpaired) electrons. The van der Waals surface area contributed by atoms with Gasteiger partial charge in [-0.25, -0.2) is 4.98 Å². The highest BCUT2D eigenvalue weighted by Crippen LogP contribution is 2.18. The zero-order chi connectivity index (χ0) is 18.1. The first-order chi connectivity index (χ1) is 12.6. The van der Waals surface area contributed by atoms with Crippen molar-refractivity contribution in [3.8, 4) is 11.4 Å². The molecule has 0 aliphatic rings. The molecule has 0 saturated heterocycles. The van der Waals surface area contributed by atoms with Crippen molar-refractivity contribution < 1.29 is 4.79 Å². The molecule has 2 aromatic carbocycles. The third-order valence-electron chi connectivity index (χ3n) is 4.02. The van der Waals surface area contributed by atoms with Crippen LogP contribution in [0, 0.1) is 11.7 Å². The number of nitrogens with zero attached hydrogens (tertiary/aromatic N) is 3. The molecule has 4 rings (SSSR count). The number of hydrogen-bond donors (Lipinski definition) is 3. The number of rotatable bonds is 4. The Morgan fingerprint density at radius 2 is 1.96 bits per heavy atom. The van der Waals surface area contributed by atoms with Crippen LogP contribution in [0.25, 0.3) is 22.4 Å². The zero-order valence-electron chi connectivity index (χ0n) is 14.0. The molecule has 2 heterocycles. The van der Waals surface area contributed by atoms with Crippen molar-refractivity contribution in [3.05, 3.63) is 58.9 Å². The number of benzene rings is 2. The maximum Gasteiger partial charge on any atom is 0.246 e. The minimum absolute atomic E-state index is 0.0373. The van der Waals surface area contributed by atoms with Gasteiger partial charge in [0.2, 0.25) is 11.9 Å². The second kappa shape index (κ2) is 6.57. The summed E-state index contributed by atoms with van der Waals surface area (Å²) in [5.41, 5.74) is 3.70. The van der Waals surface area contributed by atoms with Gasteiger partial charge in [0.05, 0.1) is 11.0 Å². The number of carbonyl (C=O) groups is 1. The normalized spacial score (nSPS) is 11.0. The molecule has 130 valence electrons. The van der Waals surface area contributed by atoms with E-state index in [2.05, 4.69) is 25.5 Å². The Morgan fingerprint density at radius 1 is 1.19 bits per heavy atom. The standard InChI is InChI=1S/C18H16N6OS/c1-11-6-8-12(9-7-11)16-22-23-18(26)24(16)10-15(25)21-17-19-13-4-2-3-5-14(13)20-17/h2-9H,10H2,1H3,(H,23,26)(H2,19,20,21,25). The van der Waals surface area contributed by atoms with Gasteiger partial charge in [0.1, 0.15) is 6.54 Å². The van der Waals surface area contributed by atoms with Crippen molar-refractivity contribution in [1.82, 2.24) is 24.7 Å². The number of hydrogen-bond acceptors (Lipinski definition) is 4. The summed E-state index contributed by atoms with van der Waals surface area (Å²) < 4.78 is 2.05. The van der Waals surface area contributed by atoms with E-state index in [9.17, 15) is 4.79 Å². The van der Waals surface area contributed by atoms with Gasteiger partial charge in [-0.1, -0.05) is 42.0 Å². The number of carbonyl (C=O) groups excluding carboxylic acids is 1. The van der Waals surface area contributed by atoms with E-state index in [0.717, 1.165) is 22.2 Å². The maximum atomic E-state index is 12.5. The number of para-hydroxylation sites is 2. The topological polar surface area (TPSA) is 91.4 Å². The van der Waals surface area contributed by atoms with E-state index in [-0.39, 0.29) is 12.5 Å². The summed E-state index contributed by atoms with van der Waals surface area (Å²) >= 11 is 5.28. The van der Waals surface area contributed by atoms with Crippen LogP contribution in [0.1, 0.15) is 5.56 Å². The predicted molar refractivity (Wildman–Crippen MR) is 102 cm³/mol. The van der Waals surface area contributed by atoms with Gasteiger partial charge in [0.25, 0.3) is 0 Å². The van der Waals surface area contributed by atoms with Crippen molar-refractivity contribution in [1.29, 1.82) is 0 Å². The van der Waals surface area contributed by atoms with Crippen LogP contribution in [0.15, 0.2) is 48.5 Å². The first kappa shape index (κ1) is 16.2. The lowest BCUT2D eigenvalue weighted by atomic mass is 10.1. The summed E-state index contributed by atoms with van der Waals surface area (Å²) in [6.07, 6.45) is 0. The molecule has 1 amide bonds. The first-order valence-corrected chi connectivity index (χ1v) is 8.48. The van der Waals surface area contributed by atoms with Gasteiger partial charge in [-0.3, -0.25) is 19.8 Å². The monoisotopic (exact) mass is 364 g/mol. The fourth-order valence-corrected chi connectivity index (χ4v) is 2.91. The third-order valence-corrected chi connectivity index (χ3v) is 4.33. The molecule has 26 heavy (non-hydrogen) atoms. The van der Waals surface area contributed by atoms with E-state index >= 15 is 0 Å². The van der Waals surface area contributed by atoms with E-state index in [0.29, 0.717) is 16.5 Å². The number of anilines is 1. The molecule has 0 bridgehead atoms. The minimum atomic E-state index is -0.241. The average molecular weight is 364 g/mol. The van der Waals surface area contributed by atoms with Crippen LogP contribution in [0.3, 0.4) is 0 Å². The number of H-pyrrole nitrogens is 2. The lowest BCUT2D eigenvalue weighted by Crippen LogP contribution is -2.20. The Morgan fingerprint density at radius 3 is 2.73 bits per heavy atom. The van der Waals surface area contributed by atoms with Gasteiger partial charge in [0.15, 0.2) is 10.6 Å². The highest BCUT2D eigenvalue weighted by atomic mass is 32.1. The Labute approximate surface area is 154 Å². The lowest BCUT2D eigenvalue weighted by Gasteiger charge is -2.07. The van der Waals surface area contributed by atoms with Crippen LogP contribution in [0.5, 0.6) is 0 Å². The molecular weight excluding hydrogens is 348 g/mol. The SMILES string of the molecule is Cc1ccc(-c2n[nH]c(=S)n2CC(=O)Nc2nc3ccccc3[nH]2)cc1. The molecule has 8 heteroatoms. The van der Waals surface area contributed by atoms with Gasteiger partial charge >= 0.3 is 0 Å². The van der Waals surface area contributed by atoms with Crippen LogP contribution in [-0.4, -0.2) is 30.6 Å². The number of nitrogens with one attached hydrogen (secondary N) is 3. The summed E-state index contributed by atoms with van der Waals surface area (Å²) in [7, 11) is 0. The van der Waals surface area contributed by atoms with Crippen LogP contribution in [-0.2, 0) is 11.3 Å². The predicted octanol–water partition coefficient (Wildman–Crippen LogP) is 3.43. The second-order valence-electron chi connectivity index (χ2n) is 5.96. The van der Waals surface area contributed by atoms with E-state index in [1.807, 2.05) is 55.5 Å². The Hall–Kier alpha value is -3.26. The summed E-state index contributed by atoms with van der Waals surface area (Å²) in [4.78, 5) is 19.9. The molecule has 0 aliphatic carbocycles. The van der Waals surface area contributed by atoms with Gasteiger partial charge < -0.3 is 4.98 Å². The van der Waals surface area contributed by atoms with E-state index in [1.54, 1.807) is 4.57 Å². The second-order valence-corrected chi connectivity index (χ2v) is 6.34. The largest absolute Gasteiger partial charge is 0.324 e. The number of aryl methyl sites for hydroxylation is 1. The van der Waals surface area contributed by atoms with Gasteiger partial charge in [-0.15, -0.1) is 0 Å². The molecule has 7 nitrogen and oxygen atoms in total. The quantitative estimate of drug-likeness (QED) is 0.484. The van der Waals surface area contributed by atoms with Gasteiger partial charge in [0, 0.05) is 5.56 Å². The molecule has 2 aromatic heterocycles. The number of amides is 1. The van der Waals surface area contributed by atoms with E-state index < -0.39 is 0 Å². The molecular formula is C18H16N6OS. The molecule has 0 unspecified atom stereocenters. The van der Waals surface area contributed by atoms with Crippen LogP contribution in [0.2, 0.25) is 0 Å². The fraction of sp³-hybridized carbons (Fsp3) is 0.111. The Balaban J connectivity index is 1.57. The molecule has 0 saturated carbocycles. The van der Waals surface area contributed by atoms with Crippen molar-refractivity contribution >= 4 is 35.1 Å². The highest BCUT2D eigenvalue weighted by Gasteiger charge is 2.13. The van der Waals surface area contributed by atoms with Crippen LogP contribution >= 0.6 is 12.2 Å². The van der Waals surface area contributed by atoms with Crippen molar-refractivity contribution in [2.45, 2.75) is 13.5 Å². The Bertz CT molecular complexity index is 1110. The van der Waals surface area contributed by atoms with Gasteiger partial charge in [-0.2, -0.15) is 5.10 Å². The summed E-state index contributed by atoms with van der Waals surface area (Å²) in [6.45, 7) is 2.05. The summed E-state index contributed by atoms with van der Waals surface area (Å²) in [6, 6.07) is 15.5. The fourth-order valence-electron chi connectivity index (χ4n) is 2.71. The minimum Gasteiger partial charge on any atom is -0.324 e. The molecule has 0 aliphatic heterocycles. The van der Waals surface area contributed by atoms with Crippen LogP contribution < -0.4 is 5.32 Å². The summed E-state index contributed by atoms with van der Waals surface area (Å²) in [5.74, 6) is 0.785. The highest BCUT2D eigenvalue weighted by molar-refractivity contribution is 7.71. The average Bonchev–Trinajstić information content (AvgIpc) is 3.19. The van der Waals surface area contributed by atoms with E-state index in [1.165, 1.54) is 0 Å². The van der Waals surface area contributed by atoms with Crippen molar-refractivity contribution in [2.24, 2.45) is 0 Å². The smallest absolute Gasteiger partial charge is 0.246 e. The number of aromatic nitrogens is 5. The zero-order valence-corrected chi connectivity index (χ0v) is 14.8. The lowest BCUT2D eigenvalue weighted by molar-refractivity contribution is -0.116. The third kappa shape index (κ3) is 3.14. The van der Waals surface area contributed by atoms with E-state index in [4.69, 9.17) is 12.2 Å². The molecule has 0 atom stereocenters. The number of fused-ring (bicyclic) bond motifs is 1. The number of aromatic amines is 2. The van der Waals surface area contributed by atoms with Crippen LogP contribution in [0.4, 0.5) is 5.95 Å². The maximum absolute atomic E-state index is 12.5. The molecule has 4 aromatic rings. The molecule has 3 N–H and O–H groups in total. The Kier molecular flexibility index (Phi) is 4.10. The number of imidazole rings is 1. The molecule has 0 spiro atoms. The molecule has 0 fully saturated rings. The van der Waals surface area contributed by atoms with Gasteiger partial charge in [-0.05, 0) is 31.3 Å². The van der Waals surface area contributed by atoms with Crippen molar-refractivity contribution in [2.75, 3.05) is 5.32 Å². The first-order valence-electron chi connectivity index (χ1n) is 8.07. The summed E-state index contributed by atoms with van der Waals surface area (Å²) in [5, 5.41) is 9.78.